The zero-order valence-electron chi connectivity index (χ0n) is 16.2. The summed E-state index contributed by atoms with van der Waals surface area (Å²) in [6.45, 7) is 4.78. The van der Waals surface area contributed by atoms with Gasteiger partial charge in [0.1, 0.15) is 0 Å². The lowest BCUT2D eigenvalue weighted by Crippen LogP contribution is -2.46. The predicted molar refractivity (Wildman–Crippen MR) is 120 cm³/mol. The van der Waals surface area contributed by atoms with Gasteiger partial charge in [-0.2, -0.15) is 0 Å². The van der Waals surface area contributed by atoms with Crippen molar-refractivity contribution in [3.8, 4) is 0 Å². The fourth-order valence-corrected chi connectivity index (χ4v) is 3.85. The molecule has 0 radical (unpaired) electrons. The number of amides is 1. The number of hydrogen-bond donors (Lipinski definition) is 1. The molecule has 0 spiro atoms. The average molecular weight is 406 g/mol. The number of hydrogen-bond acceptors (Lipinski definition) is 3. The summed E-state index contributed by atoms with van der Waals surface area (Å²) in [6.07, 6.45) is 0. The maximum atomic E-state index is 12.4. The van der Waals surface area contributed by atoms with Crippen LogP contribution in [0.4, 0.5) is 11.4 Å². The third kappa shape index (κ3) is 4.97. The van der Waals surface area contributed by atoms with E-state index in [1.165, 1.54) is 5.56 Å². The average Bonchev–Trinajstić information content (AvgIpc) is 2.76. The van der Waals surface area contributed by atoms with Gasteiger partial charge in [0, 0.05) is 44.0 Å². The second-order valence-corrected chi connectivity index (χ2v) is 7.64. The summed E-state index contributed by atoms with van der Waals surface area (Å²) in [4.78, 5) is 17.2. The minimum absolute atomic E-state index is 0.0869. The summed E-state index contributed by atoms with van der Waals surface area (Å²) in [5.74, 6) is -0.0869. The van der Waals surface area contributed by atoms with Crippen LogP contribution in [0, 0.1) is 0 Å². The van der Waals surface area contributed by atoms with E-state index in [-0.39, 0.29) is 5.91 Å². The normalized spacial score (nSPS) is 14.6. The second-order valence-electron chi connectivity index (χ2n) is 7.23. The molecule has 5 heteroatoms. The quantitative estimate of drug-likeness (QED) is 0.654. The number of anilines is 2. The molecule has 0 atom stereocenters. The molecule has 0 saturated carbocycles. The number of halogens is 1. The first-order valence-corrected chi connectivity index (χ1v) is 10.2. The van der Waals surface area contributed by atoms with Crippen molar-refractivity contribution in [2.24, 2.45) is 0 Å². The molecule has 0 bridgehead atoms. The molecular weight excluding hydrogens is 382 g/mol. The summed E-state index contributed by atoms with van der Waals surface area (Å²) < 4.78 is 0. The minimum Gasteiger partial charge on any atom is -0.368 e. The summed E-state index contributed by atoms with van der Waals surface area (Å²) in [7, 11) is 0. The number of piperazine rings is 1. The largest absolute Gasteiger partial charge is 0.368 e. The van der Waals surface area contributed by atoms with E-state index in [9.17, 15) is 4.79 Å². The second kappa shape index (κ2) is 9.12. The van der Waals surface area contributed by atoms with Crippen LogP contribution in [0.15, 0.2) is 78.9 Å². The first-order valence-electron chi connectivity index (χ1n) is 9.86. The molecule has 4 rings (SSSR count). The third-order valence-electron chi connectivity index (χ3n) is 5.22. The highest BCUT2D eigenvalue weighted by molar-refractivity contribution is 6.33. The molecule has 148 valence electrons. The SMILES string of the molecule is O=C(Nc1ccccc1)c1ccc(CN2CCN(c3ccccc3Cl)CC2)cc1. The van der Waals surface area contributed by atoms with E-state index in [0.717, 1.165) is 49.1 Å². The molecular formula is C24H24ClN3O. The number of nitrogens with zero attached hydrogens (tertiary/aromatic N) is 2. The molecule has 29 heavy (non-hydrogen) atoms. The first kappa shape index (κ1) is 19.5. The topological polar surface area (TPSA) is 35.6 Å². The fourth-order valence-electron chi connectivity index (χ4n) is 3.60. The van der Waals surface area contributed by atoms with Gasteiger partial charge in [0.2, 0.25) is 0 Å². The Morgan fingerprint density at radius 1 is 0.828 bits per heavy atom. The molecule has 0 aliphatic carbocycles. The first-order chi connectivity index (χ1) is 14.2. The van der Waals surface area contributed by atoms with Gasteiger partial charge < -0.3 is 10.2 Å². The van der Waals surface area contributed by atoms with Crippen molar-refractivity contribution in [2.45, 2.75) is 6.54 Å². The van der Waals surface area contributed by atoms with Crippen LogP contribution in [-0.2, 0) is 6.54 Å². The maximum Gasteiger partial charge on any atom is 0.255 e. The lowest BCUT2D eigenvalue weighted by atomic mass is 10.1. The fraction of sp³-hybridized carbons (Fsp3) is 0.208. The van der Waals surface area contributed by atoms with Gasteiger partial charge in [0.05, 0.1) is 10.7 Å². The Labute approximate surface area is 176 Å². The van der Waals surface area contributed by atoms with Gasteiger partial charge in [0.25, 0.3) is 5.91 Å². The van der Waals surface area contributed by atoms with E-state index in [2.05, 4.69) is 21.2 Å². The van der Waals surface area contributed by atoms with E-state index < -0.39 is 0 Å². The van der Waals surface area contributed by atoms with Crippen LogP contribution in [0.1, 0.15) is 15.9 Å². The monoisotopic (exact) mass is 405 g/mol. The van der Waals surface area contributed by atoms with Crippen LogP contribution in [0.25, 0.3) is 0 Å². The minimum atomic E-state index is -0.0869. The van der Waals surface area contributed by atoms with Crippen LogP contribution in [0.2, 0.25) is 5.02 Å². The zero-order chi connectivity index (χ0) is 20.1. The molecule has 1 N–H and O–H groups in total. The van der Waals surface area contributed by atoms with Gasteiger partial charge >= 0.3 is 0 Å². The Balaban J connectivity index is 1.30. The van der Waals surface area contributed by atoms with Gasteiger partial charge in [-0.25, -0.2) is 0 Å². The van der Waals surface area contributed by atoms with Crippen molar-refractivity contribution in [1.82, 2.24) is 4.90 Å². The van der Waals surface area contributed by atoms with Crippen LogP contribution in [0.5, 0.6) is 0 Å². The van der Waals surface area contributed by atoms with Crippen LogP contribution in [0.3, 0.4) is 0 Å². The smallest absolute Gasteiger partial charge is 0.255 e. The van der Waals surface area contributed by atoms with Crippen molar-refractivity contribution < 1.29 is 4.79 Å². The van der Waals surface area contributed by atoms with Gasteiger partial charge in [-0.05, 0) is 42.0 Å². The summed E-state index contributed by atoms with van der Waals surface area (Å²) >= 11 is 6.33. The van der Waals surface area contributed by atoms with Crippen LogP contribution in [-0.4, -0.2) is 37.0 Å². The van der Waals surface area contributed by atoms with Crippen molar-refractivity contribution in [3.63, 3.8) is 0 Å². The van der Waals surface area contributed by atoms with E-state index in [1.54, 1.807) is 0 Å². The zero-order valence-corrected chi connectivity index (χ0v) is 17.0. The molecule has 3 aromatic carbocycles. The lowest BCUT2D eigenvalue weighted by Gasteiger charge is -2.36. The summed E-state index contributed by atoms with van der Waals surface area (Å²) in [5.41, 5.74) is 3.80. The number of para-hydroxylation sites is 2. The highest BCUT2D eigenvalue weighted by Gasteiger charge is 2.19. The number of rotatable bonds is 5. The Morgan fingerprint density at radius 3 is 2.17 bits per heavy atom. The van der Waals surface area contributed by atoms with Gasteiger partial charge in [0.15, 0.2) is 0 Å². The van der Waals surface area contributed by atoms with Crippen molar-refractivity contribution in [1.29, 1.82) is 0 Å². The molecule has 1 fully saturated rings. The summed E-state index contributed by atoms with van der Waals surface area (Å²) in [6, 6.07) is 25.4. The number of nitrogens with one attached hydrogen (secondary N) is 1. The molecule has 3 aromatic rings. The van der Waals surface area contributed by atoms with Crippen molar-refractivity contribution in [3.05, 3.63) is 95.0 Å². The van der Waals surface area contributed by atoms with E-state index in [4.69, 9.17) is 11.6 Å². The van der Waals surface area contributed by atoms with Crippen LogP contribution < -0.4 is 10.2 Å². The molecule has 4 nitrogen and oxygen atoms in total. The Kier molecular flexibility index (Phi) is 6.13. The standard InChI is InChI=1S/C24H24ClN3O/c25-22-8-4-5-9-23(22)28-16-14-27(15-17-28)18-19-10-12-20(13-11-19)24(29)26-21-6-2-1-3-7-21/h1-13H,14-18H2,(H,26,29). The Bertz CT molecular complexity index is 951. The van der Waals surface area contributed by atoms with Crippen molar-refractivity contribution in [2.75, 3.05) is 36.4 Å². The van der Waals surface area contributed by atoms with Crippen LogP contribution >= 0.6 is 11.6 Å². The maximum absolute atomic E-state index is 12.4. The number of carbonyl (C=O) groups is 1. The molecule has 1 heterocycles. The Morgan fingerprint density at radius 2 is 1.48 bits per heavy atom. The molecule has 1 aliphatic rings. The van der Waals surface area contributed by atoms with E-state index in [1.807, 2.05) is 72.8 Å². The third-order valence-corrected chi connectivity index (χ3v) is 5.54. The highest BCUT2D eigenvalue weighted by Crippen LogP contribution is 2.26. The molecule has 1 aliphatic heterocycles. The van der Waals surface area contributed by atoms with Gasteiger partial charge in [-0.1, -0.05) is 54.1 Å². The molecule has 1 saturated heterocycles. The molecule has 1 amide bonds. The molecule has 0 aromatic heterocycles. The summed E-state index contributed by atoms with van der Waals surface area (Å²) in [5, 5.41) is 3.73. The van der Waals surface area contributed by atoms with E-state index >= 15 is 0 Å². The van der Waals surface area contributed by atoms with E-state index in [0.29, 0.717) is 5.56 Å². The van der Waals surface area contributed by atoms with Gasteiger partial charge in [-0.3, -0.25) is 9.69 Å². The Hall–Kier alpha value is -2.82. The van der Waals surface area contributed by atoms with Crippen molar-refractivity contribution >= 4 is 28.9 Å². The van der Waals surface area contributed by atoms with Gasteiger partial charge in [-0.15, -0.1) is 0 Å². The highest BCUT2D eigenvalue weighted by atomic mass is 35.5. The molecule has 0 unspecified atom stereocenters. The lowest BCUT2D eigenvalue weighted by molar-refractivity contribution is 0.102. The number of benzene rings is 3. The predicted octanol–water partition coefficient (Wildman–Crippen LogP) is 4.91. The number of carbonyl (C=O) groups excluding carboxylic acids is 1.